The SMILES string of the molecule is Cl.Nc1ccc(NC2CCCN(Cc3cnc4cnccn34)CC2)cn1. The van der Waals surface area contributed by atoms with Crippen LogP contribution in [0.2, 0.25) is 0 Å². The van der Waals surface area contributed by atoms with Gasteiger partial charge in [0, 0.05) is 31.5 Å². The molecule has 1 fully saturated rings. The summed E-state index contributed by atoms with van der Waals surface area (Å²) in [7, 11) is 0. The van der Waals surface area contributed by atoms with Crippen molar-refractivity contribution in [3.63, 3.8) is 0 Å². The van der Waals surface area contributed by atoms with Gasteiger partial charge in [-0.1, -0.05) is 0 Å². The largest absolute Gasteiger partial charge is 0.384 e. The minimum Gasteiger partial charge on any atom is -0.384 e. The number of imidazole rings is 1. The van der Waals surface area contributed by atoms with Crippen LogP contribution in [0.15, 0.2) is 43.1 Å². The number of rotatable bonds is 4. The maximum atomic E-state index is 5.65. The molecule has 26 heavy (non-hydrogen) atoms. The number of hydrogen-bond acceptors (Lipinski definition) is 6. The van der Waals surface area contributed by atoms with Gasteiger partial charge < -0.3 is 11.1 Å². The van der Waals surface area contributed by atoms with Crippen molar-refractivity contribution in [1.82, 2.24) is 24.3 Å². The number of likely N-dealkylation sites (tertiary alicyclic amines) is 1. The van der Waals surface area contributed by atoms with Crippen LogP contribution in [-0.2, 0) is 6.54 Å². The van der Waals surface area contributed by atoms with E-state index in [0.717, 1.165) is 43.8 Å². The summed E-state index contributed by atoms with van der Waals surface area (Å²) in [5, 5.41) is 3.59. The average molecular weight is 374 g/mol. The zero-order chi connectivity index (χ0) is 17.1. The summed E-state index contributed by atoms with van der Waals surface area (Å²) in [6.07, 6.45) is 12.8. The number of nitrogens with two attached hydrogens (primary N) is 1. The molecule has 1 aliphatic rings. The van der Waals surface area contributed by atoms with Crippen molar-refractivity contribution in [2.75, 3.05) is 24.1 Å². The monoisotopic (exact) mass is 373 g/mol. The second-order valence-corrected chi connectivity index (χ2v) is 6.57. The number of nitrogens with zero attached hydrogens (tertiary/aromatic N) is 5. The topological polar surface area (TPSA) is 84.4 Å². The number of hydrogen-bond donors (Lipinski definition) is 2. The second-order valence-electron chi connectivity index (χ2n) is 6.57. The summed E-state index contributed by atoms with van der Waals surface area (Å²) < 4.78 is 2.12. The number of nitrogens with one attached hydrogen (secondary N) is 1. The third kappa shape index (κ3) is 4.23. The number of pyridine rings is 1. The molecular weight excluding hydrogens is 350 g/mol. The summed E-state index contributed by atoms with van der Waals surface area (Å²) in [5.74, 6) is 0.556. The summed E-state index contributed by atoms with van der Waals surface area (Å²) in [6, 6.07) is 4.31. The molecule has 4 heterocycles. The van der Waals surface area contributed by atoms with Crippen LogP contribution in [0, 0.1) is 0 Å². The van der Waals surface area contributed by atoms with E-state index in [4.69, 9.17) is 5.73 Å². The molecule has 3 aromatic heterocycles. The predicted octanol–water partition coefficient (Wildman–Crippen LogP) is 2.59. The minimum absolute atomic E-state index is 0. The Morgan fingerprint density at radius 1 is 1.12 bits per heavy atom. The van der Waals surface area contributed by atoms with E-state index in [1.54, 1.807) is 12.4 Å². The van der Waals surface area contributed by atoms with Crippen molar-refractivity contribution in [2.45, 2.75) is 31.8 Å². The molecule has 3 N–H and O–H groups in total. The Labute approximate surface area is 159 Å². The summed E-state index contributed by atoms with van der Waals surface area (Å²) in [5.41, 5.74) is 8.81. The van der Waals surface area contributed by atoms with E-state index in [1.807, 2.05) is 30.7 Å². The van der Waals surface area contributed by atoms with Gasteiger partial charge in [-0.2, -0.15) is 0 Å². The molecule has 0 saturated carbocycles. The molecule has 7 nitrogen and oxygen atoms in total. The number of nitrogen functional groups attached to an aromatic ring is 1. The third-order valence-corrected chi connectivity index (χ3v) is 4.76. The Kier molecular flexibility index (Phi) is 5.90. The molecule has 3 aromatic rings. The highest BCUT2D eigenvalue weighted by molar-refractivity contribution is 5.85. The fourth-order valence-corrected chi connectivity index (χ4v) is 3.43. The van der Waals surface area contributed by atoms with Crippen molar-refractivity contribution in [3.05, 3.63) is 48.8 Å². The molecule has 138 valence electrons. The van der Waals surface area contributed by atoms with E-state index >= 15 is 0 Å². The van der Waals surface area contributed by atoms with Gasteiger partial charge in [-0.25, -0.2) is 9.97 Å². The minimum atomic E-state index is 0. The Morgan fingerprint density at radius 2 is 2.04 bits per heavy atom. The van der Waals surface area contributed by atoms with Gasteiger partial charge in [0.1, 0.15) is 5.82 Å². The molecular formula is C18H24ClN7. The lowest BCUT2D eigenvalue weighted by Gasteiger charge is -2.20. The normalized spacial score (nSPS) is 18.2. The number of anilines is 2. The van der Waals surface area contributed by atoms with Crippen LogP contribution in [0.1, 0.15) is 25.0 Å². The lowest BCUT2D eigenvalue weighted by atomic mass is 10.1. The smallest absolute Gasteiger partial charge is 0.155 e. The number of halogens is 1. The summed E-state index contributed by atoms with van der Waals surface area (Å²) >= 11 is 0. The first-order chi connectivity index (χ1) is 12.3. The van der Waals surface area contributed by atoms with Crippen LogP contribution in [0.25, 0.3) is 5.65 Å². The average Bonchev–Trinajstić information content (AvgIpc) is 2.90. The second kappa shape index (κ2) is 8.33. The van der Waals surface area contributed by atoms with Gasteiger partial charge in [-0.05, 0) is 37.9 Å². The molecule has 1 unspecified atom stereocenters. The highest BCUT2D eigenvalue weighted by Gasteiger charge is 2.18. The zero-order valence-electron chi connectivity index (χ0n) is 14.6. The highest BCUT2D eigenvalue weighted by atomic mass is 35.5. The van der Waals surface area contributed by atoms with Crippen LogP contribution in [0.4, 0.5) is 11.5 Å². The van der Waals surface area contributed by atoms with Gasteiger partial charge in [0.15, 0.2) is 5.65 Å². The molecule has 0 aromatic carbocycles. The van der Waals surface area contributed by atoms with Gasteiger partial charge in [0.2, 0.25) is 0 Å². The molecule has 1 aliphatic heterocycles. The molecule has 0 spiro atoms. The van der Waals surface area contributed by atoms with Gasteiger partial charge in [-0.3, -0.25) is 14.3 Å². The van der Waals surface area contributed by atoms with E-state index in [1.165, 1.54) is 12.1 Å². The Bertz CT molecular complexity index is 833. The van der Waals surface area contributed by atoms with Gasteiger partial charge >= 0.3 is 0 Å². The summed E-state index contributed by atoms with van der Waals surface area (Å²) in [4.78, 5) is 15.2. The first-order valence-corrected chi connectivity index (χ1v) is 8.74. The van der Waals surface area contributed by atoms with Crippen molar-refractivity contribution < 1.29 is 0 Å². The molecule has 0 aliphatic carbocycles. The van der Waals surface area contributed by atoms with E-state index in [-0.39, 0.29) is 12.4 Å². The standard InChI is InChI=1S/C18H23N7.ClH/c19-17-4-3-15(10-21-17)23-14-2-1-7-24(8-5-14)13-16-11-22-18-12-20-6-9-25(16)18;/h3-4,6,9-12,14,23H,1-2,5,7-8,13H2,(H2,19,21);1H. The highest BCUT2D eigenvalue weighted by Crippen LogP contribution is 2.18. The van der Waals surface area contributed by atoms with Gasteiger partial charge in [-0.15, -0.1) is 12.4 Å². The quantitative estimate of drug-likeness (QED) is 0.731. The van der Waals surface area contributed by atoms with Crippen molar-refractivity contribution >= 4 is 29.6 Å². The Morgan fingerprint density at radius 3 is 2.88 bits per heavy atom. The fraction of sp³-hybridized carbons (Fsp3) is 0.389. The van der Waals surface area contributed by atoms with Crippen molar-refractivity contribution in [3.8, 4) is 0 Å². The van der Waals surface area contributed by atoms with Gasteiger partial charge in [0.05, 0.1) is 30.0 Å². The van der Waals surface area contributed by atoms with Crippen molar-refractivity contribution in [2.24, 2.45) is 0 Å². The Balaban J connectivity index is 0.00000196. The Hall–Kier alpha value is -2.38. The molecule has 8 heteroatoms. The first kappa shape index (κ1) is 18.4. The fourth-order valence-electron chi connectivity index (χ4n) is 3.43. The van der Waals surface area contributed by atoms with Crippen LogP contribution in [0.3, 0.4) is 0 Å². The lowest BCUT2D eigenvalue weighted by Crippen LogP contribution is -2.26. The summed E-state index contributed by atoms with van der Waals surface area (Å²) in [6.45, 7) is 3.09. The maximum absolute atomic E-state index is 5.65. The lowest BCUT2D eigenvalue weighted by molar-refractivity contribution is 0.272. The van der Waals surface area contributed by atoms with Gasteiger partial charge in [0.25, 0.3) is 0 Å². The van der Waals surface area contributed by atoms with Crippen LogP contribution < -0.4 is 11.1 Å². The third-order valence-electron chi connectivity index (χ3n) is 4.76. The molecule has 1 saturated heterocycles. The molecule has 4 rings (SSSR count). The van der Waals surface area contributed by atoms with Crippen molar-refractivity contribution in [1.29, 1.82) is 0 Å². The number of aromatic nitrogens is 4. The first-order valence-electron chi connectivity index (χ1n) is 8.74. The molecule has 0 bridgehead atoms. The van der Waals surface area contributed by atoms with Crippen LogP contribution in [0.5, 0.6) is 0 Å². The van der Waals surface area contributed by atoms with E-state index in [2.05, 4.69) is 29.6 Å². The number of fused-ring (bicyclic) bond motifs is 1. The van der Waals surface area contributed by atoms with E-state index in [0.29, 0.717) is 11.9 Å². The van der Waals surface area contributed by atoms with E-state index < -0.39 is 0 Å². The van der Waals surface area contributed by atoms with Crippen LogP contribution in [-0.4, -0.2) is 43.4 Å². The molecule has 0 radical (unpaired) electrons. The predicted molar refractivity (Wildman–Crippen MR) is 105 cm³/mol. The van der Waals surface area contributed by atoms with E-state index in [9.17, 15) is 0 Å². The molecule has 1 atom stereocenters. The molecule has 0 amide bonds. The zero-order valence-corrected chi connectivity index (χ0v) is 15.4. The van der Waals surface area contributed by atoms with Crippen LogP contribution >= 0.6 is 12.4 Å². The maximum Gasteiger partial charge on any atom is 0.155 e.